The van der Waals surface area contributed by atoms with Crippen molar-refractivity contribution in [3.8, 4) is 22.6 Å². The van der Waals surface area contributed by atoms with Crippen molar-refractivity contribution in [2.75, 3.05) is 18.0 Å². The van der Waals surface area contributed by atoms with Gasteiger partial charge in [0.2, 0.25) is 0 Å². The number of nitrogens with two attached hydrogens (primary N) is 1. The van der Waals surface area contributed by atoms with Crippen LogP contribution in [-0.4, -0.2) is 49.1 Å². The largest absolute Gasteiger partial charge is 0.355 e. The molecule has 0 aliphatic carbocycles. The lowest BCUT2D eigenvalue weighted by Crippen LogP contribution is -2.43. The summed E-state index contributed by atoms with van der Waals surface area (Å²) in [6.07, 6.45) is 8.71. The maximum absolute atomic E-state index is 6.23. The molecule has 1 fully saturated rings. The summed E-state index contributed by atoms with van der Waals surface area (Å²) in [5.74, 6) is 1.03. The molecule has 0 spiro atoms. The summed E-state index contributed by atoms with van der Waals surface area (Å²) in [5.41, 5.74) is 11.9. The molecule has 0 aromatic carbocycles. The first-order valence-corrected chi connectivity index (χ1v) is 10.5. The van der Waals surface area contributed by atoms with Gasteiger partial charge in [0.1, 0.15) is 11.5 Å². The number of pyridine rings is 2. The average molecular weight is 403 g/mol. The van der Waals surface area contributed by atoms with Crippen LogP contribution >= 0.6 is 0 Å². The molecule has 30 heavy (non-hydrogen) atoms. The van der Waals surface area contributed by atoms with Crippen molar-refractivity contribution in [3.63, 3.8) is 0 Å². The molecule has 5 rings (SSSR count). The maximum atomic E-state index is 6.23. The second kappa shape index (κ2) is 7.53. The molecule has 5 heterocycles. The van der Waals surface area contributed by atoms with Crippen LogP contribution in [0, 0.1) is 0 Å². The molecule has 154 valence electrons. The standard InChI is InChI=1S/C22H26N8/c1-3-14-6-7-18(26-22(14)30-8-4-5-16(23)13-30)21-17-9-19(15-10-25-29(2)12-15)24-11-20(17)27-28-21/h6-7,9-12,16H,3-5,8,13,23H2,1-2H3,(H,27,28)/t16-/m0/s1. The van der Waals surface area contributed by atoms with Gasteiger partial charge in [0, 0.05) is 43.3 Å². The molecule has 1 aliphatic heterocycles. The first-order valence-electron chi connectivity index (χ1n) is 10.5. The Balaban J connectivity index is 1.58. The fraction of sp³-hybridized carbons (Fsp3) is 0.364. The van der Waals surface area contributed by atoms with Crippen LogP contribution in [0.4, 0.5) is 5.82 Å². The van der Waals surface area contributed by atoms with Crippen molar-refractivity contribution in [1.82, 2.24) is 29.9 Å². The van der Waals surface area contributed by atoms with Gasteiger partial charge < -0.3 is 10.6 Å². The van der Waals surface area contributed by atoms with Gasteiger partial charge in [0.25, 0.3) is 0 Å². The third-order valence-corrected chi connectivity index (χ3v) is 5.78. The Hall–Kier alpha value is -3.26. The second-order valence-corrected chi connectivity index (χ2v) is 7.97. The van der Waals surface area contributed by atoms with Crippen LogP contribution in [0.15, 0.2) is 36.8 Å². The summed E-state index contributed by atoms with van der Waals surface area (Å²) < 4.78 is 1.78. The van der Waals surface area contributed by atoms with Gasteiger partial charge in [-0.2, -0.15) is 10.2 Å². The van der Waals surface area contributed by atoms with E-state index in [9.17, 15) is 0 Å². The fourth-order valence-corrected chi connectivity index (χ4v) is 4.18. The van der Waals surface area contributed by atoms with Gasteiger partial charge in [-0.25, -0.2) is 4.98 Å². The first kappa shape index (κ1) is 18.7. The van der Waals surface area contributed by atoms with E-state index in [-0.39, 0.29) is 6.04 Å². The number of hydrogen-bond acceptors (Lipinski definition) is 6. The Morgan fingerprint density at radius 3 is 2.90 bits per heavy atom. The molecule has 0 saturated carbocycles. The van der Waals surface area contributed by atoms with Crippen molar-refractivity contribution in [3.05, 3.63) is 42.4 Å². The molecule has 4 aromatic heterocycles. The number of aromatic amines is 1. The molecule has 1 aliphatic rings. The van der Waals surface area contributed by atoms with Crippen LogP contribution in [0.3, 0.4) is 0 Å². The first-order chi connectivity index (χ1) is 14.6. The average Bonchev–Trinajstić information content (AvgIpc) is 3.39. The summed E-state index contributed by atoms with van der Waals surface area (Å²) in [6.45, 7) is 4.01. The smallest absolute Gasteiger partial charge is 0.132 e. The Morgan fingerprint density at radius 1 is 1.23 bits per heavy atom. The van der Waals surface area contributed by atoms with Crippen LogP contribution in [0.25, 0.3) is 33.5 Å². The second-order valence-electron chi connectivity index (χ2n) is 7.97. The van der Waals surface area contributed by atoms with E-state index >= 15 is 0 Å². The number of hydrogen-bond donors (Lipinski definition) is 2. The van der Waals surface area contributed by atoms with E-state index in [2.05, 4.69) is 50.3 Å². The Morgan fingerprint density at radius 2 is 2.13 bits per heavy atom. The Labute approximate surface area is 175 Å². The minimum atomic E-state index is 0.202. The van der Waals surface area contributed by atoms with E-state index in [1.54, 1.807) is 4.68 Å². The van der Waals surface area contributed by atoms with E-state index in [1.165, 1.54) is 5.56 Å². The van der Waals surface area contributed by atoms with Gasteiger partial charge in [-0.1, -0.05) is 13.0 Å². The Bertz CT molecular complexity index is 1190. The fourth-order valence-electron chi connectivity index (χ4n) is 4.18. The molecule has 0 unspecified atom stereocenters. The van der Waals surface area contributed by atoms with Gasteiger partial charge in [-0.05, 0) is 37.0 Å². The van der Waals surface area contributed by atoms with Crippen molar-refractivity contribution < 1.29 is 0 Å². The molecule has 4 aromatic rings. The van der Waals surface area contributed by atoms with Crippen LogP contribution in [0.1, 0.15) is 25.3 Å². The summed E-state index contributed by atoms with van der Waals surface area (Å²) >= 11 is 0. The predicted octanol–water partition coefficient (Wildman–Crippen LogP) is 2.91. The lowest BCUT2D eigenvalue weighted by atomic mass is 10.0. The van der Waals surface area contributed by atoms with Crippen LogP contribution < -0.4 is 10.6 Å². The van der Waals surface area contributed by atoms with E-state index in [4.69, 9.17) is 10.7 Å². The number of rotatable bonds is 4. The molecule has 1 saturated heterocycles. The topological polar surface area (TPSA) is 102 Å². The van der Waals surface area contributed by atoms with Gasteiger partial charge >= 0.3 is 0 Å². The number of aromatic nitrogens is 6. The number of aryl methyl sites for hydroxylation is 2. The van der Waals surface area contributed by atoms with E-state index in [1.807, 2.05) is 25.6 Å². The van der Waals surface area contributed by atoms with Crippen LogP contribution in [0.5, 0.6) is 0 Å². The quantitative estimate of drug-likeness (QED) is 0.544. The maximum Gasteiger partial charge on any atom is 0.132 e. The molecule has 1 atom stereocenters. The highest BCUT2D eigenvalue weighted by Gasteiger charge is 2.21. The van der Waals surface area contributed by atoms with Crippen molar-refractivity contribution in [2.45, 2.75) is 32.2 Å². The summed E-state index contributed by atoms with van der Waals surface area (Å²) in [6, 6.07) is 6.48. The minimum Gasteiger partial charge on any atom is -0.355 e. The zero-order valence-electron chi connectivity index (χ0n) is 17.3. The SMILES string of the molecule is CCc1ccc(-c2n[nH]c3cnc(-c4cnn(C)c4)cc23)nc1N1CCC[C@H](N)C1. The third-order valence-electron chi connectivity index (χ3n) is 5.78. The summed E-state index contributed by atoms with van der Waals surface area (Å²) in [4.78, 5) is 11.9. The highest BCUT2D eigenvalue weighted by Crippen LogP contribution is 2.31. The number of fused-ring (bicyclic) bond motifs is 1. The zero-order valence-corrected chi connectivity index (χ0v) is 17.3. The zero-order chi connectivity index (χ0) is 20.7. The van der Waals surface area contributed by atoms with Crippen LogP contribution in [-0.2, 0) is 13.5 Å². The monoisotopic (exact) mass is 402 g/mol. The number of nitrogens with one attached hydrogen (secondary N) is 1. The molecule has 3 N–H and O–H groups in total. The van der Waals surface area contributed by atoms with Gasteiger partial charge in [0.05, 0.1) is 29.3 Å². The number of anilines is 1. The molecule has 0 radical (unpaired) electrons. The van der Waals surface area contributed by atoms with Gasteiger partial charge in [-0.3, -0.25) is 14.8 Å². The lowest BCUT2D eigenvalue weighted by molar-refractivity contribution is 0.502. The lowest BCUT2D eigenvalue weighted by Gasteiger charge is -2.33. The van der Waals surface area contributed by atoms with Crippen molar-refractivity contribution >= 4 is 16.7 Å². The van der Waals surface area contributed by atoms with E-state index < -0.39 is 0 Å². The normalized spacial score (nSPS) is 17.0. The summed E-state index contributed by atoms with van der Waals surface area (Å²) in [5, 5.41) is 12.9. The number of piperidine rings is 1. The predicted molar refractivity (Wildman–Crippen MR) is 118 cm³/mol. The van der Waals surface area contributed by atoms with Crippen LogP contribution in [0.2, 0.25) is 0 Å². The minimum absolute atomic E-state index is 0.202. The molecular weight excluding hydrogens is 376 g/mol. The number of H-pyrrole nitrogens is 1. The van der Waals surface area contributed by atoms with Gasteiger partial charge in [-0.15, -0.1) is 0 Å². The number of nitrogens with zero attached hydrogens (tertiary/aromatic N) is 6. The van der Waals surface area contributed by atoms with E-state index in [0.29, 0.717) is 0 Å². The summed E-state index contributed by atoms with van der Waals surface area (Å²) in [7, 11) is 1.90. The molecule has 8 heteroatoms. The van der Waals surface area contributed by atoms with Gasteiger partial charge in [0.15, 0.2) is 0 Å². The third kappa shape index (κ3) is 3.33. The van der Waals surface area contributed by atoms with E-state index in [0.717, 1.165) is 71.7 Å². The Kier molecular flexibility index (Phi) is 4.71. The van der Waals surface area contributed by atoms with Crippen molar-refractivity contribution in [1.29, 1.82) is 0 Å². The molecule has 0 amide bonds. The molecular formula is C22H26N8. The highest BCUT2D eigenvalue weighted by molar-refractivity contribution is 5.93. The molecule has 0 bridgehead atoms. The molecule has 8 nitrogen and oxygen atoms in total. The van der Waals surface area contributed by atoms with Crippen molar-refractivity contribution in [2.24, 2.45) is 12.8 Å². The highest BCUT2D eigenvalue weighted by atomic mass is 15.2.